The normalized spacial score (nSPS) is 14.7. The van der Waals surface area contributed by atoms with Gasteiger partial charge >= 0.3 is 0 Å². The summed E-state index contributed by atoms with van der Waals surface area (Å²) in [5.41, 5.74) is 9.10. The third-order valence-electron chi connectivity index (χ3n) is 3.75. The van der Waals surface area contributed by atoms with E-state index in [0.717, 1.165) is 23.5 Å². The van der Waals surface area contributed by atoms with Crippen molar-refractivity contribution in [1.29, 1.82) is 0 Å². The predicted molar refractivity (Wildman–Crippen MR) is 86.1 cm³/mol. The Bertz CT molecular complexity index is 652. The molecule has 3 rings (SSSR count). The third kappa shape index (κ3) is 3.45. The average Bonchev–Trinajstić information content (AvgIpc) is 2.96. The van der Waals surface area contributed by atoms with Gasteiger partial charge in [0, 0.05) is 10.6 Å². The number of nitrogens with two attached hydrogens (primary N) is 1. The number of hydrogen-bond acceptors (Lipinski definition) is 3. The van der Waals surface area contributed by atoms with Crippen LogP contribution in [0.4, 0.5) is 5.69 Å². The number of benzene rings is 2. The van der Waals surface area contributed by atoms with Crippen molar-refractivity contribution >= 4 is 16.5 Å². The molecule has 1 aliphatic rings. The molecule has 0 radical (unpaired) electrons. The Balaban J connectivity index is 1.55. The highest BCUT2D eigenvalue weighted by molar-refractivity contribution is 7.85. The van der Waals surface area contributed by atoms with Crippen LogP contribution in [0.5, 0.6) is 5.75 Å². The Morgan fingerprint density at radius 3 is 2.62 bits per heavy atom. The predicted octanol–water partition coefficient (Wildman–Crippen LogP) is 2.94. The SMILES string of the molecule is Nc1ccc(OCCS(=O)c2ccc3c(c2)CCC3)cc1. The summed E-state index contributed by atoms with van der Waals surface area (Å²) < 4.78 is 17.9. The zero-order valence-electron chi connectivity index (χ0n) is 11.9. The summed E-state index contributed by atoms with van der Waals surface area (Å²) in [7, 11) is -1.00. The molecule has 0 saturated heterocycles. The van der Waals surface area contributed by atoms with E-state index < -0.39 is 10.8 Å². The summed E-state index contributed by atoms with van der Waals surface area (Å²) in [5, 5.41) is 0. The molecule has 2 aromatic rings. The van der Waals surface area contributed by atoms with E-state index in [-0.39, 0.29) is 0 Å². The van der Waals surface area contributed by atoms with Crippen molar-refractivity contribution in [3.8, 4) is 5.75 Å². The molecule has 0 amide bonds. The molecule has 2 aromatic carbocycles. The lowest BCUT2D eigenvalue weighted by Crippen LogP contribution is -2.09. The van der Waals surface area contributed by atoms with Gasteiger partial charge in [-0.25, -0.2) is 0 Å². The molecule has 1 unspecified atom stereocenters. The summed E-state index contributed by atoms with van der Waals surface area (Å²) in [4.78, 5) is 0.913. The summed E-state index contributed by atoms with van der Waals surface area (Å²) in [6.07, 6.45) is 3.48. The fourth-order valence-corrected chi connectivity index (χ4v) is 3.57. The highest BCUT2D eigenvalue weighted by Crippen LogP contribution is 2.24. The molecule has 110 valence electrons. The average molecular weight is 301 g/mol. The van der Waals surface area contributed by atoms with Crippen LogP contribution >= 0.6 is 0 Å². The van der Waals surface area contributed by atoms with Gasteiger partial charge in [0.15, 0.2) is 0 Å². The van der Waals surface area contributed by atoms with Crippen LogP contribution in [0.15, 0.2) is 47.4 Å². The largest absolute Gasteiger partial charge is 0.493 e. The molecule has 0 aromatic heterocycles. The van der Waals surface area contributed by atoms with Gasteiger partial charge in [-0.1, -0.05) is 6.07 Å². The minimum absolute atomic E-state index is 0.438. The van der Waals surface area contributed by atoms with E-state index in [1.165, 1.54) is 17.5 Å². The molecule has 0 bridgehead atoms. The lowest BCUT2D eigenvalue weighted by atomic mass is 10.1. The molecule has 3 nitrogen and oxygen atoms in total. The van der Waals surface area contributed by atoms with Crippen molar-refractivity contribution in [2.45, 2.75) is 24.2 Å². The standard InChI is InChI=1S/C17H19NO2S/c18-15-5-7-16(8-6-15)20-10-11-21(19)17-9-4-13-2-1-3-14(13)12-17/h4-9,12H,1-3,10-11,18H2. The van der Waals surface area contributed by atoms with Crippen LogP contribution in [0.2, 0.25) is 0 Å². The van der Waals surface area contributed by atoms with Gasteiger partial charge in [0.25, 0.3) is 0 Å². The molecule has 4 heteroatoms. The van der Waals surface area contributed by atoms with Crippen LogP contribution in [0.1, 0.15) is 17.5 Å². The van der Waals surface area contributed by atoms with Gasteiger partial charge in [-0.15, -0.1) is 0 Å². The maximum absolute atomic E-state index is 12.3. The van der Waals surface area contributed by atoms with E-state index in [9.17, 15) is 4.21 Å². The summed E-state index contributed by atoms with van der Waals surface area (Å²) >= 11 is 0. The summed E-state index contributed by atoms with van der Waals surface area (Å²) in [6.45, 7) is 0.438. The molecule has 1 aliphatic carbocycles. The minimum Gasteiger partial charge on any atom is -0.493 e. The topological polar surface area (TPSA) is 52.3 Å². The van der Waals surface area contributed by atoms with Crippen LogP contribution in [0, 0.1) is 0 Å². The molecular formula is C17H19NO2S. The Labute approximate surface area is 127 Å². The van der Waals surface area contributed by atoms with E-state index in [0.29, 0.717) is 18.0 Å². The van der Waals surface area contributed by atoms with Crippen LogP contribution in [-0.2, 0) is 23.6 Å². The maximum atomic E-state index is 12.3. The number of fused-ring (bicyclic) bond motifs is 1. The number of ether oxygens (including phenoxy) is 1. The number of rotatable bonds is 5. The fourth-order valence-electron chi connectivity index (χ4n) is 2.61. The van der Waals surface area contributed by atoms with Crippen LogP contribution in [0.25, 0.3) is 0 Å². The van der Waals surface area contributed by atoms with Crippen molar-refractivity contribution in [2.24, 2.45) is 0 Å². The van der Waals surface area contributed by atoms with Crippen molar-refractivity contribution in [3.05, 3.63) is 53.6 Å². The number of hydrogen-bond donors (Lipinski definition) is 1. The van der Waals surface area contributed by atoms with Gasteiger partial charge in [-0.2, -0.15) is 0 Å². The molecule has 1 atom stereocenters. The molecule has 0 heterocycles. The molecular weight excluding hydrogens is 282 g/mol. The second kappa shape index (κ2) is 6.31. The van der Waals surface area contributed by atoms with E-state index in [2.05, 4.69) is 12.1 Å². The lowest BCUT2D eigenvalue weighted by Gasteiger charge is -2.08. The molecule has 0 fully saturated rings. The van der Waals surface area contributed by atoms with Crippen molar-refractivity contribution in [2.75, 3.05) is 18.1 Å². The van der Waals surface area contributed by atoms with Gasteiger partial charge in [-0.3, -0.25) is 4.21 Å². The first-order valence-electron chi connectivity index (χ1n) is 7.21. The van der Waals surface area contributed by atoms with Gasteiger partial charge in [0.05, 0.1) is 16.6 Å². The number of anilines is 1. The van der Waals surface area contributed by atoms with Crippen LogP contribution in [-0.4, -0.2) is 16.6 Å². The quantitative estimate of drug-likeness (QED) is 0.864. The highest BCUT2D eigenvalue weighted by atomic mass is 32.2. The van der Waals surface area contributed by atoms with E-state index in [1.807, 2.05) is 18.2 Å². The molecule has 21 heavy (non-hydrogen) atoms. The summed E-state index contributed by atoms with van der Waals surface area (Å²) in [5.74, 6) is 1.26. The Kier molecular flexibility index (Phi) is 4.25. The van der Waals surface area contributed by atoms with E-state index in [4.69, 9.17) is 10.5 Å². The third-order valence-corrected chi connectivity index (χ3v) is 5.07. The van der Waals surface area contributed by atoms with Crippen molar-refractivity contribution in [3.63, 3.8) is 0 Å². The Morgan fingerprint density at radius 1 is 1.05 bits per heavy atom. The van der Waals surface area contributed by atoms with Crippen molar-refractivity contribution < 1.29 is 8.95 Å². The first kappa shape index (κ1) is 14.1. The first-order chi connectivity index (χ1) is 10.2. The number of aryl methyl sites for hydroxylation is 2. The minimum atomic E-state index is -1.00. The van der Waals surface area contributed by atoms with Crippen LogP contribution < -0.4 is 10.5 Å². The molecule has 0 saturated carbocycles. The summed E-state index contributed by atoms with van der Waals surface area (Å²) in [6, 6.07) is 13.5. The maximum Gasteiger partial charge on any atom is 0.119 e. The van der Waals surface area contributed by atoms with E-state index in [1.54, 1.807) is 12.1 Å². The second-order valence-electron chi connectivity index (χ2n) is 5.25. The second-order valence-corrected chi connectivity index (χ2v) is 6.82. The van der Waals surface area contributed by atoms with Gasteiger partial charge in [0.2, 0.25) is 0 Å². The zero-order chi connectivity index (χ0) is 14.7. The lowest BCUT2D eigenvalue weighted by molar-refractivity contribution is 0.342. The fraction of sp³-hybridized carbons (Fsp3) is 0.294. The first-order valence-corrected chi connectivity index (χ1v) is 8.53. The smallest absolute Gasteiger partial charge is 0.119 e. The Morgan fingerprint density at radius 2 is 1.81 bits per heavy atom. The van der Waals surface area contributed by atoms with Gasteiger partial charge in [0.1, 0.15) is 12.4 Å². The molecule has 2 N–H and O–H groups in total. The highest BCUT2D eigenvalue weighted by Gasteiger charge is 2.13. The zero-order valence-corrected chi connectivity index (χ0v) is 12.7. The molecule has 0 spiro atoms. The van der Waals surface area contributed by atoms with Gasteiger partial charge < -0.3 is 10.5 Å². The van der Waals surface area contributed by atoms with Crippen molar-refractivity contribution in [1.82, 2.24) is 0 Å². The monoisotopic (exact) mass is 301 g/mol. The molecule has 0 aliphatic heterocycles. The van der Waals surface area contributed by atoms with Gasteiger partial charge in [-0.05, 0) is 66.8 Å². The van der Waals surface area contributed by atoms with Crippen LogP contribution in [0.3, 0.4) is 0 Å². The Hall–Kier alpha value is -1.81. The van der Waals surface area contributed by atoms with E-state index >= 15 is 0 Å². The number of nitrogen functional groups attached to an aromatic ring is 1.